The fourth-order valence-corrected chi connectivity index (χ4v) is 6.30. The largest absolute Gasteiger partial charge is 0.463 e. The van der Waals surface area contributed by atoms with Gasteiger partial charge in [0.2, 0.25) is 0 Å². The number of thiazole rings is 1. The Hall–Kier alpha value is -3.71. The second-order valence-corrected chi connectivity index (χ2v) is 11.1. The zero-order valence-electron chi connectivity index (χ0n) is 23.2. The van der Waals surface area contributed by atoms with Crippen LogP contribution in [0.3, 0.4) is 0 Å². The molecule has 1 atom stereocenters. The summed E-state index contributed by atoms with van der Waals surface area (Å²) in [4.78, 5) is 33.0. The van der Waals surface area contributed by atoms with Crippen molar-refractivity contribution in [3.05, 3.63) is 102 Å². The van der Waals surface area contributed by atoms with E-state index >= 15 is 0 Å². The van der Waals surface area contributed by atoms with Crippen LogP contribution in [0.25, 0.3) is 17.0 Å². The molecule has 0 radical (unpaired) electrons. The quantitative estimate of drug-likeness (QED) is 0.270. The number of carbonyl (C=O) groups excluding carboxylic acids is 1. The number of carbonyl (C=O) groups is 1. The van der Waals surface area contributed by atoms with Gasteiger partial charge in [-0.3, -0.25) is 9.36 Å². The van der Waals surface area contributed by atoms with Crippen LogP contribution in [-0.2, 0) is 16.1 Å². The summed E-state index contributed by atoms with van der Waals surface area (Å²) in [6, 6.07) is 15.9. The van der Waals surface area contributed by atoms with E-state index in [9.17, 15) is 9.59 Å². The Morgan fingerprint density at radius 3 is 2.51 bits per heavy atom. The van der Waals surface area contributed by atoms with Crippen molar-refractivity contribution in [1.82, 2.24) is 9.13 Å². The van der Waals surface area contributed by atoms with Crippen molar-refractivity contribution < 1.29 is 9.53 Å². The van der Waals surface area contributed by atoms with Crippen LogP contribution in [0.4, 0.5) is 0 Å². The van der Waals surface area contributed by atoms with Gasteiger partial charge in [-0.2, -0.15) is 0 Å². The van der Waals surface area contributed by atoms with Crippen molar-refractivity contribution in [3.8, 4) is 0 Å². The monoisotopic (exact) mass is 541 g/mol. The minimum atomic E-state index is -0.595. The van der Waals surface area contributed by atoms with Gasteiger partial charge in [0.05, 0.1) is 28.5 Å². The lowest BCUT2D eigenvalue weighted by Crippen LogP contribution is -2.40. The molecular formula is C32H35N3O3S. The summed E-state index contributed by atoms with van der Waals surface area (Å²) < 4.78 is 9.98. The molecule has 0 unspecified atom stereocenters. The smallest absolute Gasteiger partial charge is 0.338 e. The number of benzene rings is 2. The van der Waals surface area contributed by atoms with E-state index < -0.39 is 12.0 Å². The molecule has 0 N–H and O–H groups in total. The molecule has 0 bridgehead atoms. The highest BCUT2D eigenvalue weighted by Gasteiger charge is 2.34. The molecule has 5 rings (SSSR count). The third-order valence-electron chi connectivity index (χ3n) is 7.26. The fraction of sp³-hybridized carbons (Fsp3) is 0.344. The third kappa shape index (κ3) is 4.91. The van der Waals surface area contributed by atoms with Gasteiger partial charge in [-0.25, -0.2) is 9.79 Å². The van der Waals surface area contributed by atoms with E-state index in [1.54, 1.807) is 11.5 Å². The lowest BCUT2D eigenvalue weighted by atomic mass is 9.92. The van der Waals surface area contributed by atoms with E-state index in [1.807, 2.05) is 30.3 Å². The molecular weight excluding hydrogens is 506 g/mol. The maximum absolute atomic E-state index is 14.1. The lowest BCUT2D eigenvalue weighted by molar-refractivity contribution is -0.139. The Balaban J connectivity index is 1.76. The van der Waals surface area contributed by atoms with E-state index in [0.29, 0.717) is 32.9 Å². The van der Waals surface area contributed by atoms with Crippen LogP contribution in [0.5, 0.6) is 0 Å². The van der Waals surface area contributed by atoms with Crippen LogP contribution in [0.1, 0.15) is 76.1 Å². The second kappa shape index (κ2) is 11.2. The second-order valence-electron chi connectivity index (χ2n) is 10.1. The first-order chi connectivity index (χ1) is 18.9. The normalized spacial score (nSPS) is 15.6. The van der Waals surface area contributed by atoms with Crippen molar-refractivity contribution in [2.24, 2.45) is 4.99 Å². The van der Waals surface area contributed by atoms with Gasteiger partial charge < -0.3 is 9.30 Å². The molecule has 0 saturated carbocycles. The van der Waals surface area contributed by atoms with Gasteiger partial charge >= 0.3 is 5.97 Å². The molecule has 7 heteroatoms. The minimum Gasteiger partial charge on any atom is -0.463 e. The highest BCUT2D eigenvalue weighted by Crippen LogP contribution is 2.33. The molecule has 39 heavy (non-hydrogen) atoms. The number of rotatable bonds is 8. The fourth-order valence-electron chi connectivity index (χ4n) is 5.29. The third-order valence-corrected chi connectivity index (χ3v) is 8.24. The van der Waals surface area contributed by atoms with Crippen molar-refractivity contribution in [1.29, 1.82) is 0 Å². The Morgan fingerprint density at radius 1 is 1.10 bits per heavy atom. The number of para-hydroxylation sites is 1. The van der Waals surface area contributed by atoms with E-state index in [0.717, 1.165) is 35.0 Å². The summed E-state index contributed by atoms with van der Waals surface area (Å²) in [5, 5.41) is 1.10. The molecule has 6 nitrogen and oxygen atoms in total. The van der Waals surface area contributed by atoms with Gasteiger partial charge in [-0.05, 0) is 49.5 Å². The van der Waals surface area contributed by atoms with Gasteiger partial charge in [-0.15, -0.1) is 0 Å². The van der Waals surface area contributed by atoms with Crippen LogP contribution < -0.4 is 14.9 Å². The Bertz CT molecular complexity index is 1740. The molecule has 2 aromatic heterocycles. The van der Waals surface area contributed by atoms with E-state index in [1.165, 1.54) is 16.9 Å². The van der Waals surface area contributed by atoms with Gasteiger partial charge in [0.15, 0.2) is 4.80 Å². The molecule has 3 heterocycles. The standard InChI is InChI=1S/C32H35N3O3S/c1-6-11-25-28(31(37)38-8-3)29(22-16-14-21(15-17-22)20(4)5)35-30(36)27(39-32(35)33-25)18-23-19-34(7-2)26-13-10-9-12-24(23)26/h9-10,12-20,29H,6-8,11H2,1-5H3/b27-18-/t29-/m1/s1. The van der Waals surface area contributed by atoms with Crippen LogP contribution in [-0.4, -0.2) is 21.7 Å². The van der Waals surface area contributed by atoms with Crippen molar-refractivity contribution in [2.75, 3.05) is 6.61 Å². The highest BCUT2D eigenvalue weighted by atomic mass is 32.1. The molecule has 1 aliphatic heterocycles. The number of nitrogens with zero attached hydrogens (tertiary/aromatic N) is 3. The Kier molecular flexibility index (Phi) is 7.71. The minimum absolute atomic E-state index is 0.151. The Morgan fingerprint density at radius 2 is 1.85 bits per heavy atom. The van der Waals surface area contributed by atoms with Crippen LogP contribution >= 0.6 is 11.3 Å². The number of hydrogen-bond acceptors (Lipinski definition) is 5. The number of allylic oxidation sites excluding steroid dienone is 1. The van der Waals surface area contributed by atoms with Crippen molar-refractivity contribution >= 4 is 34.3 Å². The molecule has 0 aliphatic carbocycles. The summed E-state index contributed by atoms with van der Waals surface area (Å²) in [6.07, 6.45) is 5.51. The number of fused-ring (bicyclic) bond motifs is 2. The number of aryl methyl sites for hydroxylation is 1. The molecule has 0 saturated heterocycles. The number of ether oxygens (including phenoxy) is 1. The average Bonchev–Trinajstić information content (AvgIpc) is 3.45. The predicted octanol–water partition coefficient (Wildman–Crippen LogP) is 5.68. The van der Waals surface area contributed by atoms with Gasteiger partial charge in [0, 0.05) is 29.2 Å². The molecule has 0 spiro atoms. The average molecular weight is 542 g/mol. The molecule has 4 aromatic rings. The highest BCUT2D eigenvalue weighted by molar-refractivity contribution is 7.07. The molecule has 0 fully saturated rings. The molecule has 202 valence electrons. The maximum Gasteiger partial charge on any atom is 0.338 e. The van der Waals surface area contributed by atoms with Gasteiger partial charge in [0.1, 0.15) is 0 Å². The van der Waals surface area contributed by atoms with Crippen molar-refractivity contribution in [2.45, 2.75) is 66.0 Å². The van der Waals surface area contributed by atoms with Crippen molar-refractivity contribution in [3.63, 3.8) is 0 Å². The van der Waals surface area contributed by atoms with E-state index in [4.69, 9.17) is 9.73 Å². The van der Waals surface area contributed by atoms with Crippen LogP contribution in [0.15, 0.2) is 75.8 Å². The van der Waals surface area contributed by atoms with Gasteiger partial charge in [0.25, 0.3) is 5.56 Å². The predicted molar refractivity (Wildman–Crippen MR) is 158 cm³/mol. The molecule has 1 aliphatic rings. The number of hydrogen-bond donors (Lipinski definition) is 0. The first-order valence-corrected chi connectivity index (χ1v) is 14.6. The number of aromatic nitrogens is 2. The molecule has 2 aromatic carbocycles. The first-order valence-electron chi connectivity index (χ1n) is 13.8. The topological polar surface area (TPSA) is 65.6 Å². The Labute approximate surface area is 232 Å². The first kappa shape index (κ1) is 26.9. The zero-order valence-corrected chi connectivity index (χ0v) is 24.0. The summed E-state index contributed by atoms with van der Waals surface area (Å²) in [5.41, 5.74) is 5.21. The van der Waals surface area contributed by atoms with E-state index in [2.05, 4.69) is 62.7 Å². The zero-order chi connectivity index (χ0) is 27.7. The summed E-state index contributed by atoms with van der Waals surface area (Å²) >= 11 is 1.38. The van der Waals surface area contributed by atoms with E-state index in [-0.39, 0.29) is 12.2 Å². The van der Waals surface area contributed by atoms with Gasteiger partial charge in [-0.1, -0.05) is 81.0 Å². The SMILES string of the molecule is CCCC1=C(C(=O)OCC)[C@@H](c2ccc(C(C)C)cc2)n2c(s/c(=C\c3cn(CC)c4ccccc34)c2=O)=N1. The van der Waals surface area contributed by atoms with Crippen LogP contribution in [0, 0.1) is 0 Å². The summed E-state index contributed by atoms with van der Waals surface area (Å²) in [7, 11) is 0. The number of esters is 1. The summed E-state index contributed by atoms with van der Waals surface area (Å²) in [5.74, 6) is -0.0371. The lowest BCUT2D eigenvalue weighted by Gasteiger charge is -2.26. The molecule has 0 amide bonds. The van der Waals surface area contributed by atoms with Crippen LogP contribution in [0.2, 0.25) is 0 Å². The summed E-state index contributed by atoms with van der Waals surface area (Å²) in [6.45, 7) is 11.4. The maximum atomic E-state index is 14.1.